The molecule has 6 heteroatoms. The first-order valence-corrected chi connectivity index (χ1v) is 8.19. The lowest BCUT2D eigenvalue weighted by molar-refractivity contribution is 0.0957. The molecular weight excluding hydrogens is 361 g/mol. The molecule has 0 aliphatic carbocycles. The molecule has 0 N–H and O–H groups in total. The van der Waals surface area contributed by atoms with Crippen LogP contribution >= 0.6 is 23.2 Å². The lowest BCUT2D eigenvalue weighted by atomic mass is 10.1. The van der Waals surface area contributed by atoms with E-state index in [1.165, 1.54) is 11.7 Å². The van der Waals surface area contributed by atoms with E-state index in [4.69, 9.17) is 32.7 Å². The second kappa shape index (κ2) is 7.21. The van der Waals surface area contributed by atoms with Gasteiger partial charge >= 0.3 is 0 Å². The Morgan fingerprint density at radius 1 is 0.920 bits per heavy atom. The molecule has 0 spiro atoms. The van der Waals surface area contributed by atoms with E-state index in [2.05, 4.69) is 0 Å². The van der Waals surface area contributed by atoms with E-state index in [0.29, 0.717) is 27.1 Å². The number of ether oxygens (including phenoxy) is 2. The van der Waals surface area contributed by atoms with E-state index in [9.17, 15) is 4.79 Å². The van der Waals surface area contributed by atoms with Crippen LogP contribution in [0.15, 0.2) is 54.9 Å². The lowest BCUT2D eigenvalue weighted by Crippen LogP contribution is -2.11. The minimum absolute atomic E-state index is 0.203. The van der Waals surface area contributed by atoms with Gasteiger partial charge in [-0.15, -0.1) is 0 Å². The topological polar surface area (TPSA) is 40.5 Å². The van der Waals surface area contributed by atoms with Crippen molar-refractivity contribution < 1.29 is 14.3 Å². The highest BCUT2D eigenvalue weighted by atomic mass is 35.5. The van der Waals surface area contributed by atoms with Crippen LogP contribution in [0.2, 0.25) is 10.0 Å². The first-order chi connectivity index (χ1) is 12.0. The van der Waals surface area contributed by atoms with Gasteiger partial charge in [-0.2, -0.15) is 0 Å². The average Bonchev–Trinajstić information content (AvgIpc) is 3.13. The van der Waals surface area contributed by atoms with E-state index in [1.54, 1.807) is 49.8 Å². The Morgan fingerprint density at radius 3 is 2.40 bits per heavy atom. The van der Waals surface area contributed by atoms with Gasteiger partial charge in [-0.1, -0.05) is 29.3 Å². The standard InChI is InChI=1S/C19H15Cl2NO3/c1-24-14-4-5-15(18(10-14)25-2)19(23)22-8-7-13(11-22)12-3-6-16(20)17(21)9-12/h3-11H,1-2H3. The number of hydrogen-bond acceptors (Lipinski definition) is 3. The Morgan fingerprint density at radius 2 is 1.72 bits per heavy atom. The number of hydrogen-bond donors (Lipinski definition) is 0. The van der Waals surface area contributed by atoms with Crippen molar-refractivity contribution in [3.05, 3.63) is 70.5 Å². The van der Waals surface area contributed by atoms with Gasteiger partial charge in [0.2, 0.25) is 0 Å². The quantitative estimate of drug-likeness (QED) is 0.631. The molecule has 1 heterocycles. The summed E-state index contributed by atoms with van der Waals surface area (Å²) in [6.45, 7) is 0. The maximum absolute atomic E-state index is 12.8. The highest BCUT2D eigenvalue weighted by Gasteiger charge is 2.16. The van der Waals surface area contributed by atoms with Gasteiger partial charge in [-0.25, -0.2) is 0 Å². The number of methoxy groups -OCH3 is 2. The van der Waals surface area contributed by atoms with Gasteiger partial charge in [0.1, 0.15) is 11.5 Å². The number of nitrogens with zero attached hydrogens (tertiary/aromatic N) is 1. The molecule has 0 bridgehead atoms. The highest BCUT2D eigenvalue weighted by Crippen LogP contribution is 2.30. The summed E-state index contributed by atoms with van der Waals surface area (Å²) in [4.78, 5) is 12.8. The summed E-state index contributed by atoms with van der Waals surface area (Å²) in [5, 5.41) is 0.957. The van der Waals surface area contributed by atoms with Gasteiger partial charge in [-0.05, 0) is 41.5 Å². The van der Waals surface area contributed by atoms with Crippen molar-refractivity contribution in [1.29, 1.82) is 0 Å². The SMILES string of the molecule is COc1ccc(C(=O)n2ccc(-c3ccc(Cl)c(Cl)c3)c2)c(OC)c1. The Bertz CT molecular complexity index is 934. The fourth-order valence-corrected chi connectivity index (χ4v) is 2.78. The van der Waals surface area contributed by atoms with Gasteiger partial charge in [0.25, 0.3) is 5.91 Å². The van der Waals surface area contributed by atoms with Crippen molar-refractivity contribution in [1.82, 2.24) is 4.57 Å². The van der Waals surface area contributed by atoms with Crippen molar-refractivity contribution in [2.45, 2.75) is 0 Å². The molecule has 0 aliphatic heterocycles. The van der Waals surface area contributed by atoms with Crippen molar-refractivity contribution in [3.63, 3.8) is 0 Å². The number of halogens is 2. The number of rotatable bonds is 4. The van der Waals surface area contributed by atoms with Crippen LogP contribution < -0.4 is 9.47 Å². The summed E-state index contributed by atoms with van der Waals surface area (Å²) in [6.07, 6.45) is 3.44. The van der Waals surface area contributed by atoms with Crippen molar-refractivity contribution >= 4 is 29.1 Å². The third kappa shape index (κ3) is 3.50. The maximum Gasteiger partial charge on any atom is 0.265 e. The number of aromatic nitrogens is 1. The molecule has 0 saturated carbocycles. The zero-order valence-electron chi connectivity index (χ0n) is 13.6. The van der Waals surface area contributed by atoms with E-state index >= 15 is 0 Å². The normalized spacial score (nSPS) is 10.6. The van der Waals surface area contributed by atoms with E-state index in [1.807, 2.05) is 12.1 Å². The lowest BCUT2D eigenvalue weighted by Gasteiger charge is -2.10. The Kier molecular flexibility index (Phi) is 5.02. The molecule has 0 aliphatic rings. The Labute approximate surface area is 155 Å². The van der Waals surface area contributed by atoms with Gasteiger partial charge in [0, 0.05) is 18.5 Å². The summed E-state index contributed by atoms with van der Waals surface area (Å²) in [6, 6.07) is 12.3. The predicted octanol–water partition coefficient (Wildman–Crippen LogP) is 5.17. The average molecular weight is 376 g/mol. The van der Waals surface area contributed by atoms with Gasteiger partial charge < -0.3 is 9.47 Å². The molecule has 3 rings (SSSR count). The van der Waals surface area contributed by atoms with Crippen molar-refractivity contribution in [3.8, 4) is 22.6 Å². The van der Waals surface area contributed by atoms with Crippen LogP contribution in [-0.2, 0) is 0 Å². The summed E-state index contributed by atoms with van der Waals surface area (Å²) in [5.74, 6) is 0.873. The zero-order chi connectivity index (χ0) is 18.0. The molecule has 128 valence electrons. The Balaban J connectivity index is 1.94. The van der Waals surface area contributed by atoms with Crippen LogP contribution in [0, 0.1) is 0 Å². The fraction of sp³-hybridized carbons (Fsp3) is 0.105. The predicted molar refractivity (Wildman–Crippen MR) is 99.2 cm³/mol. The summed E-state index contributed by atoms with van der Waals surface area (Å²) < 4.78 is 12.0. The zero-order valence-corrected chi connectivity index (χ0v) is 15.1. The minimum atomic E-state index is -0.203. The molecule has 0 atom stereocenters. The molecule has 0 unspecified atom stereocenters. The molecular formula is C19H15Cl2NO3. The van der Waals surface area contributed by atoms with Gasteiger partial charge in [-0.3, -0.25) is 9.36 Å². The smallest absolute Gasteiger partial charge is 0.265 e. The molecule has 3 aromatic rings. The van der Waals surface area contributed by atoms with Gasteiger partial charge in [0.15, 0.2) is 0 Å². The molecule has 1 aromatic heterocycles. The second-order valence-electron chi connectivity index (χ2n) is 5.31. The van der Waals surface area contributed by atoms with E-state index in [0.717, 1.165) is 11.1 Å². The maximum atomic E-state index is 12.8. The van der Waals surface area contributed by atoms with Crippen LogP contribution in [0.3, 0.4) is 0 Å². The minimum Gasteiger partial charge on any atom is -0.497 e. The third-order valence-corrected chi connectivity index (χ3v) is 4.56. The van der Waals surface area contributed by atoms with Crippen LogP contribution in [0.4, 0.5) is 0 Å². The van der Waals surface area contributed by atoms with E-state index < -0.39 is 0 Å². The molecule has 25 heavy (non-hydrogen) atoms. The first-order valence-electron chi connectivity index (χ1n) is 7.43. The molecule has 0 saturated heterocycles. The van der Waals surface area contributed by atoms with Crippen molar-refractivity contribution in [2.24, 2.45) is 0 Å². The number of carbonyl (C=O) groups is 1. The molecule has 0 amide bonds. The summed E-state index contributed by atoms with van der Waals surface area (Å²) in [5.41, 5.74) is 2.18. The number of benzene rings is 2. The largest absolute Gasteiger partial charge is 0.497 e. The van der Waals surface area contributed by atoms with Crippen molar-refractivity contribution in [2.75, 3.05) is 14.2 Å². The molecule has 0 fully saturated rings. The van der Waals surface area contributed by atoms with Crippen LogP contribution in [0.1, 0.15) is 10.4 Å². The van der Waals surface area contributed by atoms with E-state index in [-0.39, 0.29) is 5.91 Å². The molecule has 0 radical (unpaired) electrons. The number of carbonyl (C=O) groups excluding carboxylic acids is 1. The van der Waals surface area contributed by atoms with Crippen LogP contribution in [0.25, 0.3) is 11.1 Å². The van der Waals surface area contributed by atoms with Crippen LogP contribution in [-0.4, -0.2) is 24.7 Å². The monoisotopic (exact) mass is 375 g/mol. The first kappa shape index (κ1) is 17.4. The molecule has 2 aromatic carbocycles. The third-order valence-electron chi connectivity index (χ3n) is 3.82. The molecule has 4 nitrogen and oxygen atoms in total. The summed E-state index contributed by atoms with van der Waals surface area (Å²) >= 11 is 12.0. The summed E-state index contributed by atoms with van der Waals surface area (Å²) in [7, 11) is 3.08. The second-order valence-corrected chi connectivity index (χ2v) is 6.12. The fourth-order valence-electron chi connectivity index (χ4n) is 2.48. The van der Waals surface area contributed by atoms with Crippen LogP contribution in [0.5, 0.6) is 11.5 Å². The Hall–Kier alpha value is -2.43. The highest BCUT2D eigenvalue weighted by molar-refractivity contribution is 6.42. The van der Waals surface area contributed by atoms with Gasteiger partial charge in [0.05, 0.1) is 29.8 Å².